The molecule has 0 radical (unpaired) electrons. The second-order valence-corrected chi connectivity index (χ2v) is 5.31. The Balaban J connectivity index is 1.78. The molecule has 0 unspecified atom stereocenters. The minimum atomic E-state index is -0.404. The highest BCUT2D eigenvalue weighted by atomic mass is 16.3. The number of benzene rings is 1. The first-order valence-electron chi connectivity index (χ1n) is 7.23. The van der Waals surface area contributed by atoms with Crippen molar-refractivity contribution in [3.8, 4) is 0 Å². The van der Waals surface area contributed by atoms with Gasteiger partial charge in [0.2, 0.25) is 0 Å². The molecule has 1 aromatic heterocycles. The average molecular weight is 268 g/mol. The molecule has 2 heterocycles. The van der Waals surface area contributed by atoms with E-state index in [0.717, 1.165) is 37.3 Å². The van der Waals surface area contributed by atoms with Crippen LogP contribution in [0.25, 0.3) is 0 Å². The molecule has 1 aliphatic rings. The van der Waals surface area contributed by atoms with Crippen LogP contribution >= 0.6 is 0 Å². The molecule has 3 nitrogen and oxygen atoms in total. The van der Waals surface area contributed by atoms with E-state index in [-0.39, 0.29) is 0 Å². The number of nitrogens with zero attached hydrogens (tertiary/aromatic N) is 2. The molecule has 3 rings (SSSR count). The molecule has 1 atom stereocenters. The van der Waals surface area contributed by atoms with Crippen molar-refractivity contribution < 1.29 is 5.11 Å². The normalized spacial score (nSPS) is 15.8. The molecule has 0 amide bonds. The highest BCUT2D eigenvalue weighted by Crippen LogP contribution is 2.24. The Labute approximate surface area is 119 Å². The summed E-state index contributed by atoms with van der Waals surface area (Å²) in [4.78, 5) is 6.81. The number of aliphatic hydroxyl groups is 1. The molecule has 0 saturated heterocycles. The van der Waals surface area contributed by atoms with Crippen LogP contribution in [0.1, 0.15) is 36.1 Å². The highest BCUT2D eigenvalue weighted by Gasteiger charge is 2.17. The minimum Gasteiger partial charge on any atom is -0.388 e. The molecule has 1 aromatic carbocycles. The smallest absolute Gasteiger partial charge is 0.128 e. The number of rotatable bonds is 3. The number of aliphatic hydroxyl groups excluding tert-OH is 1. The van der Waals surface area contributed by atoms with Crippen molar-refractivity contribution in [1.29, 1.82) is 0 Å². The third-order valence-corrected chi connectivity index (χ3v) is 4.00. The zero-order valence-corrected chi connectivity index (χ0v) is 11.8. The van der Waals surface area contributed by atoms with Gasteiger partial charge in [-0.1, -0.05) is 37.3 Å². The van der Waals surface area contributed by atoms with Crippen LogP contribution in [-0.4, -0.2) is 16.6 Å². The summed E-state index contributed by atoms with van der Waals surface area (Å²) in [5.41, 5.74) is 3.73. The fourth-order valence-electron chi connectivity index (χ4n) is 2.71. The summed E-state index contributed by atoms with van der Waals surface area (Å²) in [6, 6.07) is 12.6. The van der Waals surface area contributed by atoms with Crippen LogP contribution < -0.4 is 4.90 Å². The van der Waals surface area contributed by atoms with E-state index >= 15 is 0 Å². The van der Waals surface area contributed by atoms with E-state index in [1.54, 1.807) is 6.20 Å². The second kappa shape index (κ2) is 5.63. The van der Waals surface area contributed by atoms with E-state index in [1.807, 2.05) is 19.1 Å². The molecule has 1 aliphatic heterocycles. The van der Waals surface area contributed by atoms with Gasteiger partial charge in [0.15, 0.2) is 0 Å². The predicted molar refractivity (Wildman–Crippen MR) is 80.7 cm³/mol. The first kappa shape index (κ1) is 13.1. The van der Waals surface area contributed by atoms with Crippen molar-refractivity contribution in [3.63, 3.8) is 0 Å². The quantitative estimate of drug-likeness (QED) is 0.929. The maximum atomic E-state index is 9.81. The van der Waals surface area contributed by atoms with Crippen LogP contribution in [0.2, 0.25) is 0 Å². The Bertz CT molecular complexity index is 580. The summed E-state index contributed by atoms with van der Waals surface area (Å²) < 4.78 is 0. The minimum absolute atomic E-state index is 0.404. The Morgan fingerprint density at radius 1 is 1.20 bits per heavy atom. The topological polar surface area (TPSA) is 36.4 Å². The van der Waals surface area contributed by atoms with E-state index in [1.165, 1.54) is 11.1 Å². The van der Waals surface area contributed by atoms with Crippen LogP contribution in [0, 0.1) is 0 Å². The lowest BCUT2D eigenvalue weighted by Crippen LogP contribution is -2.30. The maximum Gasteiger partial charge on any atom is 0.128 e. The van der Waals surface area contributed by atoms with Gasteiger partial charge in [-0.15, -0.1) is 0 Å². The molecule has 0 spiro atoms. The lowest BCUT2D eigenvalue weighted by atomic mass is 10.00. The first-order chi connectivity index (χ1) is 9.78. The number of anilines is 1. The lowest BCUT2D eigenvalue weighted by molar-refractivity contribution is 0.173. The molecular formula is C17H20N2O. The van der Waals surface area contributed by atoms with Crippen LogP contribution in [0.3, 0.4) is 0 Å². The third kappa shape index (κ3) is 2.54. The highest BCUT2D eigenvalue weighted by molar-refractivity contribution is 5.44. The van der Waals surface area contributed by atoms with Crippen molar-refractivity contribution in [2.75, 3.05) is 11.4 Å². The monoisotopic (exact) mass is 268 g/mol. The Morgan fingerprint density at radius 3 is 2.70 bits per heavy atom. The average Bonchev–Trinajstić information content (AvgIpc) is 2.54. The Kier molecular flexibility index (Phi) is 3.70. The number of aromatic nitrogens is 1. The molecule has 0 aliphatic carbocycles. The van der Waals surface area contributed by atoms with Crippen molar-refractivity contribution in [3.05, 3.63) is 59.3 Å². The molecule has 0 saturated carbocycles. The van der Waals surface area contributed by atoms with Gasteiger partial charge in [0.25, 0.3) is 0 Å². The molecule has 0 fully saturated rings. The van der Waals surface area contributed by atoms with E-state index in [9.17, 15) is 5.11 Å². The van der Waals surface area contributed by atoms with E-state index in [0.29, 0.717) is 0 Å². The van der Waals surface area contributed by atoms with Gasteiger partial charge in [-0.2, -0.15) is 0 Å². The van der Waals surface area contributed by atoms with Crippen molar-refractivity contribution in [2.45, 2.75) is 32.4 Å². The van der Waals surface area contributed by atoms with Gasteiger partial charge in [0.05, 0.1) is 6.10 Å². The third-order valence-electron chi connectivity index (χ3n) is 4.00. The fraction of sp³-hybridized carbons (Fsp3) is 0.353. The fourth-order valence-corrected chi connectivity index (χ4v) is 2.71. The summed E-state index contributed by atoms with van der Waals surface area (Å²) >= 11 is 0. The summed E-state index contributed by atoms with van der Waals surface area (Å²) in [6.07, 6.45) is 3.18. The predicted octanol–water partition coefficient (Wildman–Crippen LogP) is 3.09. The largest absolute Gasteiger partial charge is 0.388 e. The maximum absolute atomic E-state index is 9.81. The summed E-state index contributed by atoms with van der Waals surface area (Å²) in [5.74, 6) is 0.992. The van der Waals surface area contributed by atoms with Crippen LogP contribution in [0.15, 0.2) is 42.6 Å². The summed E-state index contributed by atoms with van der Waals surface area (Å²) in [6.45, 7) is 3.89. The van der Waals surface area contributed by atoms with Crippen molar-refractivity contribution >= 4 is 5.82 Å². The van der Waals surface area contributed by atoms with Crippen molar-refractivity contribution in [1.82, 2.24) is 4.98 Å². The van der Waals surface area contributed by atoms with E-state index in [4.69, 9.17) is 0 Å². The van der Waals surface area contributed by atoms with Crippen LogP contribution in [0.4, 0.5) is 5.82 Å². The van der Waals surface area contributed by atoms with Crippen LogP contribution in [-0.2, 0) is 13.0 Å². The molecule has 0 bridgehead atoms. The van der Waals surface area contributed by atoms with Gasteiger partial charge < -0.3 is 10.0 Å². The molecule has 2 aromatic rings. The van der Waals surface area contributed by atoms with Gasteiger partial charge in [0, 0.05) is 19.3 Å². The Morgan fingerprint density at radius 2 is 2.00 bits per heavy atom. The standard InChI is InChI=1S/C17H20N2O/c1-2-16(20)14-7-8-17(18-11-14)19-10-9-13-5-3-4-6-15(13)12-19/h3-8,11,16,20H,2,9-10,12H2,1H3/t16-/m1/s1. The Hall–Kier alpha value is -1.87. The molecule has 20 heavy (non-hydrogen) atoms. The van der Waals surface area contributed by atoms with Gasteiger partial charge >= 0.3 is 0 Å². The summed E-state index contributed by atoms with van der Waals surface area (Å²) in [5, 5.41) is 9.81. The lowest BCUT2D eigenvalue weighted by Gasteiger charge is -2.29. The zero-order chi connectivity index (χ0) is 13.9. The van der Waals surface area contributed by atoms with Gasteiger partial charge in [-0.05, 0) is 35.6 Å². The SMILES string of the molecule is CC[C@@H](O)c1ccc(N2CCc3ccccc3C2)nc1. The molecule has 104 valence electrons. The second-order valence-electron chi connectivity index (χ2n) is 5.31. The number of pyridine rings is 1. The first-order valence-corrected chi connectivity index (χ1v) is 7.23. The number of hydrogen-bond acceptors (Lipinski definition) is 3. The molecule has 1 N–H and O–H groups in total. The van der Waals surface area contributed by atoms with E-state index in [2.05, 4.69) is 34.1 Å². The van der Waals surface area contributed by atoms with E-state index < -0.39 is 6.10 Å². The van der Waals surface area contributed by atoms with Gasteiger partial charge in [0.1, 0.15) is 5.82 Å². The summed E-state index contributed by atoms with van der Waals surface area (Å²) in [7, 11) is 0. The zero-order valence-electron chi connectivity index (χ0n) is 11.8. The number of hydrogen-bond donors (Lipinski definition) is 1. The van der Waals surface area contributed by atoms with Crippen molar-refractivity contribution in [2.24, 2.45) is 0 Å². The number of fused-ring (bicyclic) bond motifs is 1. The van der Waals surface area contributed by atoms with Gasteiger partial charge in [-0.3, -0.25) is 0 Å². The van der Waals surface area contributed by atoms with Gasteiger partial charge in [-0.25, -0.2) is 4.98 Å². The molecule has 3 heteroatoms. The van der Waals surface area contributed by atoms with Crippen LogP contribution in [0.5, 0.6) is 0 Å². The molecular weight excluding hydrogens is 248 g/mol.